The third-order valence-corrected chi connectivity index (χ3v) is 3.69. The van der Waals surface area contributed by atoms with E-state index in [1.165, 1.54) is 25.7 Å². The summed E-state index contributed by atoms with van der Waals surface area (Å²) in [5.41, 5.74) is 0.384. The predicted octanol–water partition coefficient (Wildman–Crippen LogP) is 3.16. The minimum Gasteiger partial charge on any atom is -0.460 e. The van der Waals surface area contributed by atoms with Crippen molar-refractivity contribution in [1.29, 1.82) is 0 Å². The van der Waals surface area contributed by atoms with Crippen LogP contribution in [0, 0.1) is 0 Å². The fourth-order valence-electron chi connectivity index (χ4n) is 2.11. The Bertz CT molecular complexity index is 361. The summed E-state index contributed by atoms with van der Waals surface area (Å²) in [6.07, 6.45) is 6.28. The van der Waals surface area contributed by atoms with E-state index < -0.39 is 5.97 Å². The van der Waals surface area contributed by atoms with Gasteiger partial charge in [0.25, 0.3) is 0 Å². The van der Waals surface area contributed by atoms with E-state index in [-0.39, 0.29) is 6.61 Å². The molecular weight excluding hydrogens is 364 g/mol. The van der Waals surface area contributed by atoms with Crippen molar-refractivity contribution in [3.8, 4) is 0 Å². The van der Waals surface area contributed by atoms with Crippen LogP contribution in [0.25, 0.3) is 0 Å². The van der Waals surface area contributed by atoms with Crippen LogP contribution in [0.5, 0.6) is 0 Å². The first-order chi connectivity index (χ1) is 13.7. The fraction of sp³-hybridized carbons (Fsp3) is 0.857. The molecule has 7 nitrogen and oxygen atoms in total. The molecule has 0 aliphatic carbocycles. The number of rotatable bonds is 22. The van der Waals surface area contributed by atoms with Crippen LogP contribution in [-0.2, 0) is 33.2 Å². The van der Waals surface area contributed by atoms with Crippen molar-refractivity contribution < 1.29 is 33.2 Å². The molecule has 0 aliphatic heterocycles. The van der Waals surface area contributed by atoms with Crippen molar-refractivity contribution in [2.75, 3.05) is 72.7 Å². The van der Waals surface area contributed by atoms with Gasteiger partial charge in [0.05, 0.1) is 59.5 Å². The average Bonchev–Trinajstić information content (AvgIpc) is 2.68. The molecule has 0 atom stereocenters. The minimum absolute atomic E-state index is 0.221. The summed E-state index contributed by atoms with van der Waals surface area (Å²) in [5, 5.41) is 0. The number of carbonyl (C=O) groups is 1. The van der Waals surface area contributed by atoms with Gasteiger partial charge in [-0.3, -0.25) is 0 Å². The van der Waals surface area contributed by atoms with Gasteiger partial charge in [0.1, 0.15) is 6.61 Å². The highest BCUT2D eigenvalue weighted by atomic mass is 16.6. The Morgan fingerprint density at radius 2 is 1.00 bits per heavy atom. The SMILES string of the molecule is C=C(C)C(=O)OCCOCCOCCOCCOCCOCCCCCCC. The lowest BCUT2D eigenvalue weighted by Crippen LogP contribution is -2.15. The van der Waals surface area contributed by atoms with E-state index in [2.05, 4.69) is 13.5 Å². The zero-order valence-corrected chi connectivity index (χ0v) is 17.9. The van der Waals surface area contributed by atoms with Crippen molar-refractivity contribution in [2.45, 2.75) is 46.0 Å². The van der Waals surface area contributed by atoms with E-state index in [1.54, 1.807) is 6.92 Å². The van der Waals surface area contributed by atoms with Crippen LogP contribution < -0.4 is 0 Å². The quantitative estimate of drug-likeness (QED) is 0.156. The van der Waals surface area contributed by atoms with E-state index in [0.717, 1.165) is 13.0 Å². The van der Waals surface area contributed by atoms with Gasteiger partial charge in [0.2, 0.25) is 0 Å². The maximum absolute atomic E-state index is 11.1. The summed E-state index contributed by atoms with van der Waals surface area (Å²) < 4.78 is 31.9. The maximum Gasteiger partial charge on any atom is 0.333 e. The molecule has 0 saturated heterocycles. The molecule has 0 aromatic carbocycles. The summed E-state index contributed by atoms with van der Waals surface area (Å²) in [4.78, 5) is 11.1. The average molecular weight is 405 g/mol. The Balaban J connectivity index is 3.05. The third kappa shape index (κ3) is 21.3. The Kier molecular flexibility index (Phi) is 21.5. The Hall–Kier alpha value is -0.990. The molecular formula is C21H40O7. The monoisotopic (exact) mass is 404 g/mol. The van der Waals surface area contributed by atoms with Crippen LogP contribution >= 0.6 is 0 Å². The van der Waals surface area contributed by atoms with Crippen molar-refractivity contribution in [3.63, 3.8) is 0 Å². The smallest absolute Gasteiger partial charge is 0.333 e. The lowest BCUT2D eigenvalue weighted by molar-refractivity contribution is -0.140. The maximum atomic E-state index is 11.1. The molecule has 0 unspecified atom stereocenters. The molecule has 0 fully saturated rings. The zero-order valence-electron chi connectivity index (χ0n) is 17.9. The first-order valence-corrected chi connectivity index (χ1v) is 10.4. The molecule has 0 N–H and O–H groups in total. The predicted molar refractivity (Wildman–Crippen MR) is 109 cm³/mol. The summed E-state index contributed by atoms with van der Waals surface area (Å²) in [6.45, 7) is 13.0. The second kappa shape index (κ2) is 22.3. The molecule has 0 spiro atoms. The molecule has 0 aromatic rings. The first-order valence-electron chi connectivity index (χ1n) is 10.4. The van der Waals surface area contributed by atoms with Gasteiger partial charge >= 0.3 is 5.97 Å². The summed E-state index contributed by atoms with van der Waals surface area (Å²) >= 11 is 0. The topological polar surface area (TPSA) is 72.5 Å². The second-order valence-electron chi connectivity index (χ2n) is 6.39. The Morgan fingerprint density at radius 3 is 1.43 bits per heavy atom. The lowest BCUT2D eigenvalue weighted by Gasteiger charge is -2.08. The molecule has 166 valence electrons. The number of esters is 1. The van der Waals surface area contributed by atoms with Gasteiger partial charge in [-0.25, -0.2) is 4.79 Å². The van der Waals surface area contributed by atoms with E-state index in [1.807, 2.05) is 0 Å². The van der Waals surface area contributed by atoms with Crippen LogP contribution in [0.1, 0.15) is 46.0 Å². The fourth-order valence-corrected chi connectivity index (χ4v) is 2.11. The van der Waals surface area contributed by atoms with Crippen LogP contribution in [0.4, 0.5) is 0 Å². The molecule has 0 rings (SSSR count). The van der Waals surface area contributed by atoms with E-state index in [0.29, 0.717) is 65.0 Å². The molecule has 7 heteroatoms. The molecule has 0 heterocycles. The van der Waals surface area contributed by atoms with Gasteiger partial charge in [-0.05, 0) is 13.3 Å². The van der Waals surface area contributed by atoms with E-state index in [4.69, 9.17) is 28.4 Å². The lowest BCUT2D eigenvalue weighted by atomic mass is 10.2. The number of ether oxygens (including phenoxy) is 6. The molecule has 0 bridgehead atoms. The van der Waals surface area contributed by atoms with Crippen molar-refractivity contribution in [2.24, 2.45) is 0 Å². The van der Waals surface area contributed by atoms with Gasteiger partial charge in [-0.2, -0.15) is 0 Å². The third-order valence-electron chi connectivity index (χ3n) is 3.69. The van der Waals surface area contributed by atoms with Gasteiger partial charge in [-0.1, -0.05) is 39.2 Å². The van der Waals surface area contributed by atoms with Gasteiger partial charge in [0.15, 0.2) is 0 Å². The van der Waals surface area contributed by atoms with Gasteiger partial charge in [0, 0.05) is 12.2 Å². The number of hydrogen-bond acceptors (Lipinski definition) is 7. The van der Waals surface area contributed by atoms with Crippen molar-refractivity contribution in [1.82, 2.24) is 0 Å². The molecule has 0 amide bonds. The van der Waals surface area contributed by atoms with Crippen LogP contribution in [0.15, 0.2) is 12.2 Å². The first kappa shape index (κ1) is 27.0. The van der Waals surface area contributed by atoms with Crippen LogP contribution in [0.3, 0.4) is 0 Å². The number of hydrogen-bond donors (Lipinski definition) is 0. The van der Waals surface area contributed by atoms with Crippen LogP contribution in [-0.4, -0.2) is 78.6 Å². The molecule has 0 aromatic heterocycles. The molecule has 0 aliphatic rings. The highest BCUT2D eigenvalue weighted by Crippen LogP contribution is 2.02. The molecule has 0 radical (unpaired) electrons. The van der Waals surface area contributed by atoms with E-state index in [9.17, 15) is 4.79 Å². The van der Waals surface area contributed by atoms with Crippen molar-refractivity contribution in [3.05, 3.63) is 12.2 Å². The van der Waals surface area contributed by atoms with Gasteiger partial charge in [-0.15, -0.1) is 0 Å². The Labute approximate surface area is 170 Å². The highest BCUT2D eigenvalue weighted by molar-refractivity contribution is 5.86. The largest absolute Gasteiger partial charge is 0.460 e. The number of carbonyl (C=O) groups excluding carboxylic acids is 1. The zero-order chi connectivity index (χ0) is 20.7. The minimum atomic E-state index is -0.397. The summed E-state index contributed by atoms with van der Waals surface area (Å²) in [6, 6.07) is 0. The molecule has 28 heavy (non-hydrogen) atoms. The van der Waals surface area contributed by atoms with E-state index >= 15 is 0 Å². The summed E-state index contributed by atoms with van der Waals surface area (Å²) in [7, 11) is 0. The van der Waals surface area contributed by atoms with Gasteiger partial charge < -0.3 is 28.4 Å². The summed E-state index contributed by atoms with van der Waals surface area (Å²) in [5.74, 6) is -0.397. The Morgan fingerprint density at radius 1 is 0.607 bits per heavy atom. The highest BCUT2D eigenvalue weighted by Gasteiger charge is 2.01. The van der Waals surface area contributed by atoms with Crippen molar-refractivity contribution >= 4 is 5.97 Å². The number of unbranched alkanes of at least 4 members (excludes halogenated alkanes) is 4. The van der Waals surface area contributed by atoms with Crippen LogP contribution in [0.2, 0.25) is 0 Å². The molecule has 0 saturated carbocycles. The standard InChI is InChI=1S/C21H40O7/c1-4-5-6-7-8-9-23-10-11-24-12-13-25-14-15-26-16-17-27-18-19-28-21(22)20(2)3/h2,4-19H2,1,3H3. The second-order valence-corrected chi connectivity index (χ2v) is 6.39. The normalized spacial score (nSPS) is 10.9.